The van der Waals surface area contributed by atoms with E-state index in [1.165, 1.54) is 0 Å². The second-order valence-electron chi connectivity index (χ2n) is 4.76. The van der Waals surface area contributed by atoms with Gasteiger partial charge >= 0.3 is 5.97 Å². The molecule has 98 valence electrons. The number of amides is 1. The normalized spacial score (nSPS) is 25.5. The lowest BCUT2D eigenvalue weighted by Crippen LogP contribution is -2.39. The van der Waals surface area contributed by atoms with Gasteiger partial charge in [0, 0.05) is 19.0 Å². The van der Waals surface area contributed by atoms with Crippen LogP contribution in [0.4, 0.5) is 0 Å². The molecule has 0 aromatic carbocycles. The predicted molar refractivity (Wildman–Crippen MR) is 64.6 cm³/mol. The minimum absolute atomic E-state index is 0.0253. The summed E-state index contributed by atoms with van der Waals surface area (Å²) in [5, 5.41) is 14.8. The van der Waals surface area contributed by atoms with Crippen molar-refractivity contribution in [3.8, 4) is 0 Å². The summed E-state index contributed by atoms with van der Waals surface area (Å²) in [6.07, 6.45) is 1.75. The van der Waals surface area contributed by atoms with Crippen LogP contribution in [0, 0.1) is 11.8 Å². The number of hydrogen-bond acceptors (Lipinski definition) is 3. The molecule has 1 heterocycles. The molecule has 0 aromatic rings. The van der Waals surface area contributed by atoms with E-state index in [2.05, 4.69) is 10.6 Å². The maximum Gasteiger partial charge on any atom is 0.303 e. The molecule has 1 aliphatic rings. The zero-order chi connectivity index (χ0) is 12.8. The number of carbonyl (C=O) groups is 2. The first-order valence-electron chi connectivity index (χ1n) is 6.27. The van der Waals surface area contributed by atoms with Gasteiger partial charge in [0.2, 0.25) is 5.91 Å². The van der Waals surface area contributed by atoms with E-state index in [0.29, 0.717) is 6.54 Å². The Morgan fingerprint density at radius 2 is 2.24 bits per heavy atom. The monoisotopic (exact) mass is 242 g/mol. The maximum absolute atomic E-state index is 11.9. The fraction of sp³-hybridized carbons (Fsp3) is 0.833. The van der Waals surface area contributed by atoms with Gasteiger partial charge in [0.15, 0.2) is 0 Å². The molecule has 0 radical (unpaired) electrons. The molecule has 3 unspecified atom stereocenters. The van der Waals surface area contributed by atoms with E-state index < -0.39 is 5.97 Å². The van der Waals surface area contributed by atoms with Crippen LogP contribution in [0.3, 0.4) is 0 Å². The maximum atomic E-state index is 11.9. The highest BCUT2D eigenvalue weighted by atomic mass is 16.4. The van der Waals surface area contributed by atoms with Gasteiger partial charge in [-0.2, -0.15) is 0 Å². The van der Waals surface area contributed by atoms with Crippen LogP contribution in [-0.2, 0) is 9.59 Å². The van der Waals surface area contributed by atoms with Gasteiger partial charge < -0.3 is 15.7 Å². The van der Waals surface area contributed by atoms with Gasteiger partial charge in [-0.25, -0.2) is 0 Å². The SMILES string of the molecule is CCC(CNC(=O)C1CCNC1C)CC(=O)O. The first kappa shape index (κ1) is 14.0. The van der Waals surface area contributed by atoms with Crippen LogP contribution >= 0.6 is 0 Å². The minimum Gasteiger partial charge on any atom is -0.481 e. The highest BCUT2D eigenvalue weighted by molar-refractivity contribution is 5.79. The van der Waals surface area contributed by atoms with Gasteiger partial charge in [-0.05, 0) is 25.8 Å². The van der Waals surface area contributed by atoms with Gasteiger partial charge in [0.05, 0.1) is 5.92 Å². The van der Waals surface area contributed by atoms with Crippen molar-refractivity contribution in [3.05, 3.63) is 0 Å². The van der Waals surface area contributed by atoms with E-state index in [9.17, 15) is 9.59 Å². The quantitative estimate of drug-likeness (QED) is 0.637. The predicted octanol–water partition coefficient (Wildman–Crippen LogP) is 0.601. The smallest absolute Gasteiger partial charge is 0.303 e. The number of carboxylic acid groups (broad SMARTS) is 1. The standard InChI is InChI=1S/C12H22N2O3/c1-3-9(6-11(15)16)7-14-12(17)10-4-5-13-8(10)2/h8-10,13H,3-7H2,1-2H3,(H,14,17)(H,15,16). The van der Waals surface area contributed by atoms with E-state index in [0.717, 1.165) is 19.4 Å². The third-order valence-corrected chi connectivity index (χ3v) is 3.47. The second-order valence-corrected chi connectivity index (χ2v) is 4.76. The van der Waals surface area contributed by atoms with Gasteiger partial charge in [-0.1, -0.05) is 13.3 Å². The van der Waals surface area contributed by atoms with Crippen LogP contribution in [0.2, 0.25) is 0 Å². The van der Waals surface area contributed by atoms with Crippen molar-refractivity contribution in [1.82, 2.24) is 10.6 Å². The Labute approximate surface area is 102 Å². The Bertz CT molecular complexity index is 281. The van der Waals surface area contributed by atoms with Crippen LogP contribution in [0.1, 0.15) is 33.1 Å². The molecule has 1 aliphatic heterocycles. The van der Waals surface area contributed by atoms with E-state index in [4.69, 9.17) is 5.11 Å². The lowest BCUT2D eigenvalue weighted by Gasteiger charge is -2.18. The number of carbonyl (C=O) groups excluding carboxylic acids is 1. The molecule has 0 bridgehead atoms. The number of carboxylic acids is 1. The molecule has 0 aliphatic carbocycles. The number of aliphatic carboxylic acids is 1. The molecule has 0 aromatic heterocycles. The molecule has 3 atom stereocenters. The lowest BCUT2D eigenvalue weighted by atomic mass is 9.99. The van der Waals surface area contributed by atoms with Crippen LogP contribution in [0.5, 0.6) is 0 Å². The van der Waals surface area contributed by atoms with E-state index in [1.54, 1.807) is 0 Å². The van der Waals surface area contributed by atoms with Crippen molar-refractivity contribution in [2.45, 2.75) is 39.2 Å². The van der Waals surface area contributed by atoms with Crippen LogP contribution < -0.4 is 10.6 Å². The molecular formula is C12H22N2O3. The van der Waals surface area contributed by atoms with Crippen LogP contribution in [0.25, 0.3) is 0 Å². The Hall–Kier alpha value is -1.10. The van der Waals surface area contributed by atoms with Crippen LogP contribution in [0.15, 0.2) is 0 Å². The Morgan fingerprint density at radius 3 is 2.71 bits per heavy atom. The molecule has 17 heavy (non-hydrogen) atoms. The van der Waals surface area contributed by atoms with Crippen molar-refractivity contribution in [2.75, 3.05) is 13.1 Å². The van der Waals surface area contributed by atoms with Gasteiger partial charge in [-0.3, -0.25) is 9.59 Å². The van der Waals surface area contributed by atoms with Crippen molar-refractivity contribution < 1.29 is 14.7 Å². The fourth-order valence-corrected chi connectivity index (χ4v) is 2.20. The Balaban J connectivity index is 2.33. The molecule has 1 rings (SSSR count). The summed E-state index contributed by atoms with van der Waals surface area (Å²) < 4.78 is 0. The number of rotatable bonds is 6. The average molecular weight is 242 g/mol. The summed E-state index contributed by atoms with van der Waals surface area (Å²) in [5.74, 6) is -0.702. The van der Waals surface area contributed by atoms with Crippen molar-refractivity contribution in [1.29, 1.82) is 0 Å². The summed E-state index contributed by atoms with van der Waals surface area (Å²) in [6, 6.07) is 0.217. The zero-order valence-corrected chi connectivity index (χ0v) is 10.5. The van der Waals surface area contributed by atoms with Crippen molar-refractivity contribution in [3.63, 3.8) is 0 Å². The third-order valence-electron chi connectivity index (χ3n) is 3.47. The Morgan fingerprint density at radius 1 is 1.53 bits per heavy atom. The van der Waals surface area contributed by atoms with Gasteiger partial charge in [-0.15, -0.1) is 0 Å². The van der Waals surface area contributed by atoms with E-state index in [1.807, 2.05) is 13.8 Å². The molecule has 0 spiro atoms. The first-order valence-corrected chi connectivity index (χ1v) is 6.27. The number of hydrogen-bond donors (Lipinski definition) is 3. The fourth-order valence-electron chi connectivity index (χ4n) is 2.20. The summed E-state index contributed by atoms with van der Waals surface area (Å²) in [4.78, 5) is 22.5. The first-order chi connectivity index (χ1) is 8.04. The summed E-state index contributed by atoms with van der Waals surface area (Å²) in [6.45, 7) is 5.29. The molecular weight excluding hydrogens is 220 g/mol. The zero-order valence-electron chi connectivity index (χ0n) is 10.5. The van der Waals surface area contributed by atoms with Gasteiger partial charge in [0.25, 0.3) is 0 Å². The molecule has 0 saturated carbocycles. The summed E-state index contributed by atoms with van der Waals surface area (Å²) in [5.41, 5.74) is 0. The van der Waals surface area contributed by atoms with Gasteiger partial charge in [0.1, 0.15) is 0 Å². The molecule has 5 nitrogen and oxygen atoms in total. The van der Waals surface area contributed by atoms with Crippen LogP contribution in [-0.4, -0.2) is 36.1 Å². The third kappa shape index (κ3) is 4.34. The van der Waals surface area contributed by atoms with Crippen molar-refractivity contribution >= 4 is 11.9 Å². The highest BCUT2D eigenvalue weighted by Gasteiger charge is 2.29. The molecule has 3 N–H and O–H groups in total. The topological polar surface area (TPSA) is 78.4 Å². The second kappa shape index (κ2) is 6.59. The van der Waals surface area contributed by atoms with Crippen molar-refractivity contribution in [2.24, 2.45) is 11.8 Å². The largest absolute Gasteiger partial charge is 0.481 e. The Kier molecular flexibility index (Phi) is 5.41. The minimum atomic E-state index is -0.804. The molecule has 5 heteroatoms. The average Bonchev–Trinajstić information content (AvgIpc) is 2.69. The van der Waals surface area contributed by atoms with E-state index in [-0.39, 0.29) is 30.2 Å². The molecule has 1 fully saturated rings. The summed E-state index contributed by atoms with van der Waals surface area (Å²) in [7, 11) is 0. The highest BCUT2D eigenvalue weighted by Crippen LogP contribution is 2.15. The molecule has 1 amide bonds. The summed E-state index contributed by atoms with van der Waals surface area (Å²) >= 11 is 0. The molecule has 1 saturated heterocycles. The van der Waals surface area contributed by atoms with E-state index >= 15 is 0 Å². The number of nitrogens with one attached hydrogen (secondary N) is 2. The lowest BCUT2D eigenvalue weighted by molar-refractivity contribution is -0.138.